The van der Waals surface area contributed by atoms with Crippen LogP contribution in [0.4, 0.5) is 0 Å². The number of amides is 1. The molecule has 0 bridgehead atoms. The highest BCUT2D eigenvalue weighted by atomic mass is 16.5. The van der Waals surface area contributed by atoms with Crippen LogP contribution in [0.3, 0.4) is 0 Å². The molecule has 0 aromatic heterocycles. The van der Waals surface area contributed by atoms with E-state index >= 15 is 0 Å². The number of rotatable bonds is 4. The summed E-state index contributed by atoms with van der Waals surface area (Å²) < 4.78 is 5.93. The van der Waals surface area contributed by atoms with Crippen LogP contribution in [0.2, 0.25) is 0 Å². The van der Waals surface area contributed by atoms with E-state index in [4.69, 9.17) is 4.74 Å². The van der Waals surface area contributed by atoms with E-state index in [0.717, 1.165) is 30.9 Å². The summed E-state index contributed by atoms with van der Waals surface area (Å²) in [5.41, 5.74) is 0.779. The summed E-state index contributed by atoms with van der Waals surface area (Å²) in [4.78, 5) is 17.4. The number of nitrogens with zero attached hydrogens (tertiary/aromatic N) is 2. The monoisotopic (exact) mass is 372 g/mol. The first-order valence-corrected chi connectivity index (χ1v) is 10.5. The number of likely N-dealkylation sites (tertiary alicyclic amines) is 2. The van der Waals surface area contributed by atoms with Gasteiger partial charge in [-0.1, -0.05) is 37.5 Å². The molecule has 0 spiro atoms. The highest BCUT2D eigenvalue weighted by Crippen LogP contribution is 2.49. The third-order valence-corrected chi connectivity index (χ3v) is 6.72. The van der Waals surface area contributed by atoms with Crippen LogP contribution in [0.1, 0.15) is 50.0 Å². The average Bonchev–Trinajstić information content (AvgIpc) is 3.08. The van der Waals surface area contributed by atoms with Crippen molar-refractivity contribution in [3.05, 3.63) is 29.8 Å². The molecule has 0 radical (unpaired) electrons. The zero-order chi connectivity index (χ0) is 18.7. The van der Waals surface area contributed by atoms with Gasteiger partial charge in [0.1, 0.15) is 5.75 Å². The number of aliphatic hydroxyl groups is 1. The van der Waals surface area contributed by atoms with Gasteiger partial charge in [0.05, 0.1) is 18.6 Å². The average molecular weight is 373 g/mol. The van der Waals surface area contributed by atoms with Gasteiger partial charge in [-0.15, -0.1) is 0 Å². The summed E-state index contributed by atoms with van der Waals surface area (Å²) in [6.07, 6.45) is 7.07. The molecule has 4 rings (SSSR count). The lowest BCUT2D eigenvalue weighted by molar-refractivity contribution is -0.131. The second-order valence-corrected chi connectivity index (χ2v) is 8.53. The van der Waals surface area contributed by atoms with Crippen molar-refractivity contribution in [2.75, 3.05) is 45.9 Å². The second-order valence-electron chi connectivity index (χ2n) is 8.53. The number of hydrogen-bond donors (Lipinski definition) is 1. The van der Waals surface area contributed by atoms with E-state index in [0.29, 0.717) is 26.1 Å². The molecular formula is C22H32N2O3. The lowest BCUT2D eigenvalue weighted by atomic mass is 9.74. The van der Waals surface area contributed by atoms with Crippen molar-refractivity contribution >= 4 is 5.91 Å². The number of para-hydroxylation sites is 1. The van der Waals surface area contributed by atoms with E-state index in [-0.39, 0.29) is 23.8 Å². The first kappa shape index (κ1) is 18.8. The molecule has 27 heavy (non-hydrogen) atoms. The number of fused-ring (bicyclic) bond motifs is 3. The van der Waals surface area contributed by atoms with Gasteiger partial charge in [0.15, 0.2) is 0 Å². The van der Waals surface area contributed by atoms with Crippen LogP contribution in [-0.2, 0) is 4.79 Å². The number of benzene rings is 1. The number of carbonyl (C=O) groups excluding carboxylic acids is 1. The topological polar surface area (TPSA) is 53.0 Å². The molecule has 5 heteroatoms. The van der Waals surface area contributed by atoms with E-state index in [1.807, 2.05) is 23.1 Å². The van der Waals surface area contributed by atoms with Gasteiger partial charge in [0.25, 0.3) is 0 Å². The summed E-state index contributed by atoms with van der Waals surface area (Å²) in [6, 6.07) is 8.06. The predicted octanol–water partition coefficient (Wildman–Crippen LogP) is 2.64. The van der Waals surface area contributed by atoms with Crippen LogP contribution >= 0.6 is 0 Å². The van der Waals surface area contributed by atoms with Crippen molar-refractivity contribution < 1.29 is 14.6 Å². The Morgan fingerprint density at radius 2 is 1.89 bits per heavy atom. The zero-order valence-corrected chi connectivity index (χ0v) is 16.2. The second kappa shape index (κ2) is 8.19. The lowest BCUT2D eigenvalue weighted by Gasteiger charge is -2.37. The number of ether oxygens (including phenoxy) is 1. The Bertz CT molecular complexity index is 657. The summed E-state index contributed by atoms with van der Waals surface area (Å²) in [6.45, 7) is 4.94. The molecule has 1 amide bonds. The molecule has 148 valence electrons. The normalized spacial score (nSPS) is 28.6. The minimum absolute atomic E-state index is 0.0574. The smallest absolute Gasteiger partial charge is 0.223 e. The van der Waals surface area contributed by atoms with Crippen molar-refractivity contribution in [1.29, 1.82) is 0 Å². The van der Waals surface area contributed by atoms with Crippen molar-refractivity contribution in [3.63, 3.8) is 0 Å². The fourth-order valence-electron chi connectivity index (χ4n) is 5.01. The van der Waals surface area contributed by atoms with Crippen LogP contribution in [0.5, 0.6) is 5.75 Å². The van der Waals surface area contributed by atoms with Gasteiger partial charge in [-0.25, -0.2) is 0 Å². The van der Waals surface area contributed by atoms with E-state index in [1.165, 1.54) is 32.1 Å². The lowest BCUT2D eigenvalue weighted by Crippen LogP contribution is -2.42. The van der Waals surface area contributed by atoms with Gasteiger partial charge < -0.3 is 19.6 Å². The van der Waals surface area contributed by atoms with Crippen LogP contribution in [0.25, 0.3) is 0 Å². The van der Waals surface area contributed by atoms with E-state index in [2.05, 4.69) is 11.0 Å². The molecule has 2 fully saturated rings. The Balaban J connectivity index is 1.39. The van der Waals surface area contributed by atoms with Gasteiger partial charge in [-0.3, -0.25) is 4.79 Å². The first-order valence-electron chi connectivity index (χ1n) is 10.5. The minimum Gasteiger partial charge on any atom is -0.493 e. The Labute approximate surface area is 162 Å². The van der Waals surface area contributed by atoms with E-state index < -0.39 is 0 Å². The fourth-order valence-corrected chi connectivity index (χ4v) is 5.01. The van der Waals surface area contributed by atoms with Gasteiger partial charge in [-0.05, 0) is 37.6 Å². The fraction of sp³-hybridized carbons (Fsp3) is 0.682. The zero-order valence-electron chi connectivity index (χ0n) is 16.2. The summed E-state index contributed by atoms with van der Waals surface area (Å²) >= 11 is 0. The quantitative estimate of drug-likeness (QED) is 0.883. The van der Waals surface area contributed by atoms with Crippen LogP contribution in [0.15, 0.2) is 24.3 Å². The van der Waals surface area contributed by atoms with Crippen molar-refractivity contribution in [1.82, 2.24) is 9.80 Å². The van der Waals surface area contributed by atoms with E-state index in [9.17, 15) is 9.90 Å². The largest absolute Gasteiger partial charge is 0.493 e. The number of aliphatic hydroxyl groups excluding tert-OH is 1. The van der Waals surface area contributed by atoms with Crippen LogP contribution in [-0.4, -0.2) is 66.8 Å². The first-order chi connectivity index (χ1) is 13.2. The van der Waals surface area contributed by atoms with Gasteiger partial charge in [0.2, 0.25) is 5.91 Å². The Morgan fingerprint density at radius 3 is 2.67 bits per heavy atom. The molecule has 0 aliphatic carbocycles. The molecule has 1 aromatic carbocycles. The van der Waals surface area contributed by atoms with E-state index in [1.54, 1.807) is 0 Å². The van der Waals surface area contributed by atoms with Crippen LogP contribution < -0.4 is 4.74 Å². The highest BCUT2D eigenvalue weighted by Gasteiger charge is 2.51. The number of hydrogen-bond acceptors (Lipinski definition) is 4. The molecule has 1 aromatic rings. The maximum atomic E-state index is 12.9. The van der Waals surface area contributed by atoms with Gasteiger partial charge >= 0.3 is 0 Å². The molecular weight excluding hydrogens is 340 g/mol. The molecule has 2 atom stereocenters. The third-order valence-electron chi connectivity index (χ3n) is 6.72. The molecule has 3 heterocycles. The third kappa shape index (κ3) is 3.85. The van der Waals surface area contributed by atoms with Crippen molar-refractivity contribution in [2.24, 2.45) is 5.41 Å². The summed E-state index contributed by atoms with van der Waals surface area (Å²) in [5.74, 6) is 1.29. The summed E-state index contributed by atoms with van der Waals surface area (Å²) in [5, 5.41) is 10.1. The van der Waals surface area contributed by atoms with Crippen molar-refractivity contribution in [2.45, 2.75) is 44.4 Å². The molecule has 0 saturated carbocycles. The molecule has 1 N–H and O–H groups in total. The van der Waals surface area contributed by atoms with Crippen molar-refractivity contribution in [3.8, 4) is 5.75 Å². The Kier molecular flexibility index (Phi) is 5.69. The standard InChI is InChI=1S/C22H32N2O3/c25-16-22-15-24(14-19(22)18-8-4-5-9-20(18)27-17-22)21(26)10-13-23-11-6-2-1-3-7-12-23/h4-5,8-9,19,25H,1-3,6-7,10-17H2/t19-,22-/m0/s1. The Morgan fingerprint density at radius 1 is 1.15 bits per heavy atom. The SMILES string of the molecule is O=C(CCN1CCCCCCC1)N1C[C@H]2c3ccccc3OC[C@@]2(CO)C1. The highest BCUT2D eigenvalue weighted by molar-refractivity contribution is 5.77. The summed E-state index contributed by atoms with van der Waals surface area (Å²) in [7, 11) is 0. The van der Waals surface area contributed by atoms with Gasteiger partial charge in [0, 0.05) is 32.0 Å². The van der Waals surface area contributed by atoms with Gasteiger partial charge in [-0.2, -0.15) is 0 Å². The van der Waals surface area contributed by atoms with Crippen LogP contribution in [0, 0.1) is 5.41 Å². The minimum atomic E-state index is -0.357. The predicted molar refractivity (Wildman–Crippen MR) is 105 cm³/mol. The molecule has 0 unspecified atom stereocenters. The maximum Gasteiger partial charge on any atom is 0.223 e. The number of carbonyl (C=O) groups is 1. The molecule has 3 aliphatic rings. The molecule has 2 saturated heterocycles. The molecule has 3 aliphatic heterocycles. The maximum absolute atomic E-state index is 12.9. The Hall–Kier alpha value is -1.59. The molecule has 5 nitrogen and oxygen atoms in total.